The number of amides is 2. The molecule has 114 valence electrons. The van der Waals surface area contributed by atoms with E-state index in [9.17, 15) is 9.59 Å². The number of hydrogen-bond donors (Lipinski definition) is 1. The summed E-state index contributed by atoms with van der Waals surface area (Å²) < 4.78 is 0. The van der Waals surface area contributed by atoms with Crippen molar-refractivity contribution in [1.82, 2.24) is 10.3 Å². The summed E-state index contributed by atoms with van der Waals surface area (Å²) in [5.41, 5.74) is 0.798. The molecular formula is C16H23N3O2. The average Bonchev–Trinajstić information content (AvgIpc) is 2.42. The molecule has 1 fully saturated rings. The summed E-state index contributed by atoms with van der Waals surface area (Å²) >= 11 is 0. The SMILES string of the molecule is CCC1(C)NC(=O)C(C(C)C)N(c2cncc(C)c2)C1=O. The van der Waals surface area contributed by atoms with Crippen LogP contribution < -0.4 is 10.2 Å². The quantitative estimate of drug-likeness (QED) is 0.926. The number of aryl methyl sites for hydroxylation is 1. The van der Waals surface area contributed by atoms with Crippen molar-refractivity contribution in [3.05, 3.63) is 24.0 Å². The van der Waals surface area contributed by atoms with Gasteiger partial charge >= 0.3 is 0 Å². The molecule has 1 aromatic rings. The van der Waals surface area contributed by atoms with Crippen molar-refractivity contribution in [2.24, 2.45) is 5.92 Å². The Balaban J connectivity index is 2.54. The molecule has 0 saturated carbocycles. The zero-order valence-corrected chi connectivity index (χ0v) is 13.3. The monoisotopic (exact) mass is 289 g/mol. The number of anilines is 1. The zero-order valence-electron chi connectivity index (χ0n) is 13.3. The van der Waals surface area contributed by atoms with Gasteiger partial charge in [-0.15, -0.1) is 0 Å². The van der Waals surface area contributed by atoms with Crippen molar-refractivity contribution in [3.8, 4) is 0 Å². The molecule has 1 aliphatic rings. The molecule has 0 radical (unpaired) electrons. The summed E-state index contributed by atoms with van der Waals surface area (Å²) in [7, 11) is 0. The van der Waals surface area contributed by atoms with Gasteiger partial charge in [-0.1, -0.05) is 20.8 Å². The Morgan fingerprint density at radius 1 is 1.38 bits per heavy atom. The van der Waals surface area contributed by atoms with Gasteiger partial charge in [0, 0.05) is 6.20 Å². The van der Waals surface area contributed by atoms with Crippen molar-refractivity contribution < 1.29 is 9.59 Å². The fraction of sp³-hybridized carbons (Fsp3) is 0.562. The largest absolute Gasteiger partial charge is 0.340 e. The Morgan fingerprint density at radius 2 is 2.05 bits per heavy atom. The van der Waals surface area contributed by atoms with Crippen LogP contribution in [0.2, 0.25) is 0 Å². The number of nitrogens with zero attached hydrogens (tertiary/aromatic N) is 2. The third kappa shape index (κ3) is 2.64. The van der Waals surface area contributed by atoms with E-state index in [0.717, 1.165) is 5.56 Å². The van der Waals surface area contributed by atoms with Crippen LogP contribution in [-0.2, 0) is 9.59 Å². The molecule has 1 saturated heterocycles. The van der Waals surface area contributed by atoms with Crippen molar-refractivity contribution in [2.75, 3.05) is 4.90 Å². The molecule has 0 aromatic carbocycles. The van der Waals surface area contributed by atoms with Gasteiger partial charge in [0.15, 0.2) is 0 Å². The second kappa shape index (κ2) is 5.47. The molecule has 1 aromatic heterocycles. The summed E-state index contributed by atoms with van der Waals surface area (Å²) in [5.74, 6) is -0.151. The van der Waals surface area contributed by atoms with Crippen LogP contribution in [-0.4, -0.2) is 28.4 Å². The Kier molecular flexibility index (Phi) is 4.03. The van der Waals surface area contributed by atoms with Crippen LogP contribution in [0.25, 0.3) is 0 Å². The van der Waals surface area contributed by atoms with E-state index in [1.807, 2.05) is 33.8 Å². The van der Waals surface area contributed by atoms with Crippen LogP contribution in [0.3, 0.4) is 0 Å². The lowest BCUT2D eigenvalue weighted by atomic mass is 9.88. The summed E-state index contributed by atoms with van der Waals surface area (Å²) in [6.07, 6.45) is 3.94. The number of carbonyl (C=O) groups is 2. The van der Waals surface area contributed by atoms with Gasteiger partial charge in [0.2, 0.25) is 5.91 Å². The van der Waals surface area contributed by atoms with Crippen LogP contribution in [0.1, 0.15) is 39.7 Å². The number of nitrogens with one attached hydrogen (secondary N) is 1. The molecule has 1 aliphatic heterocycles. The summed E-state index contributed by atoms with van der Waals surface area (Å²) in [6.45, 7) is 9.50. The number of rotatable bonds is 3. The second-order valence-corrected chi connectivity index (χ2v) is 6.26. The predicted molar refractivity (Wildman–Crippen MR) is 81.9 cm³/mol. The summed E-state index contributed by atoms with van der Waals surface area (Å²) in [6, 6.07) is 1.40. The topological polar surface area (TPSA) is 62.3 Å². The fourth-order valence-corrected chi connectivity index (χ4v) is 2.70. The first-order valence-corrected chi connectivity index (χ1v) is 7.37. The molecule has 1 N–H and O–H groups in total. The lowest BCUT2D eigenvalue weighted by Crippen LogP contribution is -2.70. The molecule has 2 atom stereocenters. The minimum absolute atomic E-state index is 0.0240. The van der Waals surface area contributed by atoms with Gasteiger partial charge in [-0.25, -0.2) is 0 Å². The highest BCUT2D eigenvalue weighted by atomic mass is 16.2. The van der Waals surface area contributed by atoms with E-state index in [1.165, 1.54) is 0 Å². The minimum Gasteiger partial charge on any atom is -0.340 e. The lowest BCUT2D eigenvalue weighted by molar-refractivity contribution is -0.138. The average molecular weight is 289 g/mol. The van der Waals surface area contributed by atoms with Crippen LogP contribution in [0, 0.1) is 12.8 Å². The third-order valence-corrected chi connectivity index (χ3v) is 4.11. The van der Waals surface area contributed by atoms with Gasteiger partial charge in [0.25, 0.3) is 5.91 Å². The standard InChI is InChI=1S/C16H23N3O2/c1-6-16(5)15(21)19(12-7-11(4)8-17-9-12)13(10(2)3)14(20)18-16/h7-10,13H,6H2,1-5H3,(H,18,20). The molecule has 0 spiro atoms. The number of carbonyl (C=O) groups excluding carboxylic acids is 2. The number of piperazine rings is 1. The number of aromatic nitrogens is 1. The molecule has 0 aliphatic carbocycles. The highest BCUT2D eigenvalue weighted by Crippen LogP contribution is 2.30. The Labute approximate surface area is 125 Å². The molecule has 5 heteroatoms. The predicted octanol–water partition coefficient (Wildman–Crippen LogP) is 2.05. The van der Waals surface area contributed by atoms with Gasteiger partial charge in [0.05, 0.1) is 11.9 Å². The van der Waals surface area contributed by atoms with E-state index in [4.69, 9.17) is 0 Å². The van der Waals surface area contributed by atoms with E-state index >= 15 is 0 Å². The van der Waals surface area contributed by atoms with Crippen LogP contribution in [0.4, 0.5) is 5.69 Å². The first-order chi connectivity index (χ1) is 9.80. The lowest BCUT2D eigenvalue weighted by Gasteiger charge is -2.45. The highest BCUT2D eigenvalue weighted by Gasteiger charge is 2.48. The summed E-state index contributed by atoms with van der Waals surface area (Å²) in [4.78, 5) is 31.2. The highest BCUT2D eigenvalue weighted by molar-refractivity contribution is 6.10. The van der Waals surface area contributed by atoms with Crippen molar-refractivity contribution in [1.29, 1.82) is 0 Å². The van der Waals surface area contributed by atoms with Crippen molar-refractivity contribution >= 4 is 17.5 Å². The van der Waals surface area contributed by atoms with Gasteiger partial charge in [-0.05, 0) is 37.8 Å². The molecule has 2 heterocycles. The van der Waals surface area contributed by atoms with Crippen molar-refractivity contribution in [2.45, 2.75) is 52.6 Å². The summed E-state index contributed by atoms with van der Waals surface area (Å²) in [5, 5.41) is 2.89. The molecule has 2 rings (SSSR count). The molecule has 2 unspecified atom stereocenters. The Hall–Kier alpha value is -1.91. The van der Waals surface area contributed by atoms with E-state index in [1.54, 1.807) is 24.2 Å². The van der Waals surface area contributed by atoms with Gasteiger partial charge < -0.3 is 5.32 Å². The van der Waals surface area contributed by atoms with Gasteiger partial charge in [0.1, 0.15) is 11.6 Å². The Bertz CT molecular complexity index is 570. The second-order valence-electron chi connectivity index (χ2n) is 6.26. The maximum absolute atomic E-state index is 12.9. The van der Waals surface area contributed by atoms with Crippen molar-refractivity contribution in [3.63, 3.8) is 0 Å². The molecule has 5 nitrogen and oxygen atoms in total. The van der Waals surface area contributed by atoms with E-state index < -0.39 is 11.6 Å². The molecule has 21 heavy (non-hydrogen) atoms. The van der Waals surface area contributed by atoms with E-state index in [0.29, 0.717) is 12.1 Å². The first kappa shape index (κ1) is 15.5. The molecule has 2 amide bonds. The van der Waals surface area contributed by atoms with E-state index in [-0.39, 0.29) is 17.7 Å². The number of pyridine rings is 1. The third-order valence-electron chi connectivity index (χ3n) is 4.11. The number of hydrogen-bond acceptors (Lipinski definition) is 3. The smallest absolute Gasteiger partial charge is 0.253 e. The molecule has 0 bridgehead atoms. The minimum atomic E-state index is -0.855. The van der Waals surface area contributed by atoms with Gasteiger partial charge in [-0.3, -0.25) is 19.5 Å². The fourth-order valence-electron chi connectivity index (χ4n) is 2.70. The van der Waals surface area contributed by atoms with Crippen LogP contribution in [0.5, 0.6) is 0 Å². The maximum atomic E-state index is 12.9. The van der Waals surface area contributed by atoms with Gasteiger partial charge in [-0.2, -0.15) is 0 Å². The Morgan fingerprint density at radius 3 is 2.57 bits per heavy atom. The maximum Gasteiger partial charge on any atom is 0.253 e. The molecular weight excluding hydrogens is 266 g/mol. The van der Waals surface area contributed by atoms with Crippen LogP contribution in [0.15, 0.2) is 18.5 Å². The first-order valence-electron chi connectivity index (χ1n) is 7.37. The van der Waals surface area contributed by atoms with Crippen LogP contribution >= 0.6 is 0 Å². The zero-order chi connectivity index (χ0) is 15.8. The normalized spacial score (nSPS) is 26.2. The van der Waals surface area contributed by atoms with E-state index in [2.05, 4.69) is 10.3 Å².